The van der Waals surface area contributed by atoms with Gasteiger partial charge in [0.05, 0.1) is 38.6 Å². The molecule has 0 bridgehead atoms. The molecule has 1 aromatic carbocycles. The maximum atomic E-state index is 5.44. The van der Waals surface area contributed by atoms with Crippen LogP contribution in [0.4, 0.5) is 11.6 Å². The topological polar surface area (TPSA) is 96.2 Å². The monoisotopic (exact) mass is 418 g/mol. The standard InChI is InChI=1S/C22H22N6O3/c1-13(2)20-26-21-15(7-6-8-23-21)22(27-20)25-18-11-28(12-24-18)14-9-16(29-3)19(31-5)17(10-14)30-4/h6-12H,1H2,2-5H3,(H,23,25,26,27). The van der Waals surface area contributed by atoms with Gasteiger partial charge >= 0.3 is 0 Å². The Morgan fingerprint density at radius 1 is 1.03 bits per heavy atom. The number of methoxy groups -OCH3 is 3. The van der Waals surface area contributed by atoms with Gasteiger partial charge in [-0.05, 0) is 24.6 Å². The first-order valence-corrected chi connectivity index (χ1v) is 9.44. The predicted octanol–water partition coefficient (Wildman–Crippen LogP) is 4.01. The molecule has 9 nitrogen and oxygen atoms in total. The number of imidazole rings is 1. The number of hydrogen-bond acceptors (Lipinski definition) is 8. The van der Waals surface area contributed by atoms with Crippen LogP contribution in [0.1, 0.15) is 12.7 Å². The molecule has 31 heavy (non-hydrogen) atoms. The molecule has 0 amide bonds. The summed E-state index contributed by atoms with van der Waals surface area (Å²) < 4.78 is 18.1. The van der Waals surface area contributed by atoms with Crippen molar-refractivity contribution in [1.82, 2.24) is 24.5 Å². The molecule has 0 saturated heterocycles. The Morgan fingerprint density at radius 2 is 1.77 bits per heavy atom. The lowest BCUT2D eigenvalue weighted by molar-refractivity contribution is 0.324. The van der Waals surface area contributed by atoms with Gasteiger partial charge in [0.15, 0.2) is 23.0 Å². The number of hydrogen-bond donors (Lipinski definition) is 1. The van der Waals surface area contributed by atoms with E-state index in [1.54, 1.807) is 33.9 Å². The Kier molecular flexibility index (Phi) is 5.40. The molecular formula is C22H22N6O3. The van der Waals surface area contributed by atoms with Crippen LogP contribution >= 0.6 is 0 Å². The molecule has 0 radical (unpaired) electrons. The molecule has 3 aromatic heterocycles. The second-order valence-corrected chi connectivity index (χ2v) is 6.73. The minimum Gasteiger partial charge on any atom is -0.493 e. The zero-order valence-electron chi connectivity index (χ0n) is 17.7. The molecule has 3 heterocycles. The number of ether oxygens (including phenoxy) is 3. The largest absolute Gasteiger partial charge is 0.493 e. The van der Waals surface area contributed by atoms with Gasteiger partial charge in [-0.3, -0.25) is 0 Å². The van der Waals surface area contributed by atoms with Crippen molar-refractivity contribution < 1.29 is 14.2 Å². The first kappa shape index (κ1) is 20.1. The fourth-order valence-electron chi connectivity index (χ4n) is 3.11. The van der Waals surface area contributed by atoms with Gasteiger partial charge in [0.2, 0.25) is 5.75 Å². The van der Waals surface area contributed by atoms with E-state index < -0.39 is 0 Å². The number of allylic oxidation sites excluding steroid dienone is 1. The summed E-state index contributed by atoms with van der Waals surface area (Å²) in [7, 11) is 4.73. The smallest absolute Gasteiger partial charge is 0.203 e. The van der Waals surface area contributed by atoms with Crippen molar-refractivity contribution in [3.05, 3.63) is 55.4 Å². The molecule has 4 rings (SSSR count). The van der Waals surface area contributed by atoms with Gasteiger partial charge in [-0.15, -0.1) is 0 Å². The summed E-state index contributed by atoms with van der Waals surface area (Å²) in [6, 6.07) is 7.43. The fourth-order valence-corrected chi connectivity index (χ4v) is 3.11. The van der Waals surface area contributed by atoms with Crippen LogP contribution in [-0.2, 0) is 0 Å². The number of fused-ring (bicyclic) bond motifs is 1. The van der Waals surface area contributed by atoms with E-state index in [4.69, 9.17) is 14.2 Å². The van der Waals surface area contributed by atoms with E-state index in [9.17, 15) is 0 Å². The number of aromatic nitrogens is 5. The minimum atomic E-state index is 0.526. The Morgan fingerprint density at radius 3 is 2.42 bits per heavy atom. The highest BCUT2D eigenvalue weighted by Gasteiger charge is 2.15. The third-order valence-corrected chi connectivity index (χ3v) is 4.63. The number of nitrogens with zero attached hydrogens (tertiary/aromatic N) is 5. The minimum absolute atomic E-state index is 0.526. The van der Waals surface area contributed by atoms with Gasteiger partial charge in [0.25, 0.3) is 0 Å². The molecule has 158 valence electrons. The zero-order chi connectivity index (χ0) is 22.0. The molecule has 4 aromatic rings. The number of pyridine rings is 1. The third kappa shape index (κ3) is 3.85. The fraction of sp³-hybridized carbons (Fsp3) is 0.182. The first-order valence-electron chi connectivity index (χ1n) is 9.44. The van der Waals surface area contributed by atoms with Gasteiger partial charge < -0.3 is 24.1 Å². The Balaban J connectivity index is 1.72. The van der Waals surface area contributed by atoms with Crippen molar-refractivity contribution in [3.8, 4) is 22.9 Å². The lowest BCUT2D eigenvalue weighted by atomic mass is 10.2. The van der Waals surface area contributed by atoms with Gasteiger partial charge in [-0.25, -0.2) is 19.9 Å². The molecule has 0 fully saturated rings. The van der Waals surface area contributed by atoms with Crippen molar-refractivity contribution in [2.75, 3.05) is 26.6 Å². The SMILES string of the molecule is C=C(C)c1nc(Nc2cn(-c3cc(OC)c(OC)c(OC)c3)cn2)c2cccnc2n1. The van der Waals surface area contributed by atoms with Crippen molar-refractivity contribution in [2.24, 2.45) is 0 Å². The quantitative estimate of drug-likeness (QED) is 0.481. The first-order chi connectivity index (χ1) is 15.0. The molecule has 1 N–H and O–H groups in total. The highest BCUT2D eigenvalue weighted by molar-refractivity contribution is 5.89. The molecule has 0 aliphatic rings. The van der Waals surface area contributed by atoms with E-state index in [1.807, 2.05) is 42.0 Å². The second-order valence-electron chi connectivity index (χ2n) is 6.73. The highest BCUT2D eigenvalue weighted by atomic mass is 16.5. The van der Waals surface area contributed by atoms with E-state index in [0.717, 1.165) is 16.6 Å². The second kappa shape index (κ2) is 8.31. The third-order valence-electron chi connectivity index (χ3n) is 4.63. The normalized spacial score (nSPS) is 10.7. The van der Waals surface area contributed by atoms with Gasteiger partial charge in [0.1, 0.15) is 18.0 Å². The number of anilines is 2. The molecule has 9 heteroatoms. The molecule has 0 unspecified atom stereocenters. The molecule has 0 spiro atoms. The summed E-state index contributed by atoms with van der Waals surface area (Å²) in [5.41, 5.74) is 2.13. The summed E-state index contributed by atoms with van der Waals surface area (Å²) >= 11 is 0. The van der Waals surface area contributed by atoms with E-state index in [0.29, 0.717) is 40.4 Å². The van der Waals surface area contributed by atoms with Crippen molar-refractivity contribution >= 4 is 28.2 Å². The molecular weight excluding hydrogens is 396 g/mol. The van der Waals surface area contributed by atoms with Crippen LogP contribution in [0.2, 0.25) is 0 Å². The van der Waals surface area contributed by atoms with Crippen LogP contribution in [0.5, 0.6) is 17.2 Å². The van der Waals surface area contributed by atoms with Crippen molar-refractivity contribution in [1.29, 1.82) is 0 Å². The maximum Gasteiger partial charge on any atom is 0.203 e. The molecule has 0 saturated carbocycles. The molecule has 0 aliphatic carbocycles. The van der Waals surface area contributed by atoms with Crippen LogP contribution in [0.3, 0.4) is 0 Å². The van der Waals surface area contributed by atoms with Gasteiger partial charge in [-0.2, -0.15) is 0 Å². The van der Waals surface area contributed by atoms with E-state index >= 15 is 0 Å². The van der Waals surface area contributed by atoms with Crippen LogP contribution in [0, 0.1) is 0 Å². The van der Waals surface area contributed by atoms with Crippen molar-refractivity contribution in [3.63, 3.8) is 0 Å². The van der Waals surface area contributed by atoms with E-state index in [1.165, 1.54) is 0 Å². The van der Waals surface area contributed by atoms with Crippen molar-refractivity contribution in [2.45, 2.75) is 6.92 Å². The lowest BCUT2D eigenvalue weighted by Gasteiger charge is -2.14. The number of benzene rings is 1. The number of nitrogens with one attached hydrogen (secondary N) is 1. The van der Waals surface area contributed by atoms with Crippen LogP contribution in [-0.4, -0.2) is 45.8 Å². The summed E-state index contributed by atoms with van der Waals surface area (Å²) in [4.78, 5) is 17.8. The van der Waals surface area contributed by atoms with Crippen LogP contribution < -0.4 is 19.5 Å². The van der Waals surface area contributed by atoms with E-state index in [2.05, 4.69) is 31.8 Å². The Bertz CT molecular complexity index is 1240. The molecule has 0 atom stereocenters. The lowest BCUT2D eigenvalue weighted by Crippen LogP contribution is -2.01. The summed E-state index contributed by atoms with van der Waals surface area (Å²) in [6.45, 7) is 5.79. The predicted molar refractivity (Wildman–Crippen MR) is 119 cm³/mol. The summed E-state index contributed by atoms with van der Waals surface area (Å²) in [6.07, 6.45) is 5.22. The Hall–Kier alpha value is -4.14. The van der Waals surface area contributed by atoms with Crippen LogP contribution in [0.25, 0.3) is 22.3 Å². The average molecular weight is 418 g/mol. The van der Waals surface area contributed by atoms with Gasteiger partial charge in [0, 0.05) is 18.3 Å². The van der Waals surface area contributed by atoms with Gasteiger partial charge in [-0.1, -0.05) is 6.58 Å². The highest BCUT2D eigenvalue weighted by Crippen LogP contribution is 2.39. The average Bonchev–Trinajstić information content (AvgIpc) is 3.26. The maximum absolute atomic E-state index is 5.44. The van der Waals surface area contributed by atoms with Crippen LogP contribution in [0.15, 0.2) is 49.6 Å². The zero-order valence-corrected chi connectivity index (χ0v) is 17.7. The summed E-state index contributed by atoms with van der Waals surface area (Å²) in [5, 5.41) is 4.05. The number of rotatable bonds is 7. The summed E-state index contributed by atoms with van der Waals surface area (Å²) in [5.74, 6) is 3.37. The van der Waals surface area contributed by atoms with E-state index in [-0.39, 0.29) is 0 Å². The Labute approximate surface area is 179 Å². The molecule has 0 aliphatic heterocycles.